The van der Waals surface area contributed by atoms with E-state index in [4.69, 9.17) is 4.74 Å². The molecule has 2 N–H and O–H groups in total. The number of carbonyl (C=O) groups excluding carboxylic acids is 1. The quantitative estimate of drug-likeness (QED) is 0.814. The van der Waals surface area contributed by atoms with Gasteiger partial charge in [0, 0.05) is 37.1 Å². The average molecular weight is 263 g/mol. The van der Waals surface area contributed by atoms with Gasteiger partial charge >= 0.3 is 0 Å². The molecule has 1 amide bonds. The fourth-order valence-corrected chi connectivity index (χ4v) is 2.40. The monoisotopic (exact) mass is 263 g/mol. The predicted molar refractivity (Wildman–Crippen MR) is 76.6 cm³/mol. The van der Waals surface area contributed by atoms with Crippen LogP contribution in [0.15, 0.2) is 18.2 Å². The molecule has 0 fully saturated rings. The molecule has 5 nitrogen and oxygen atoms in total. The minimum Gasteiger partial charge on any atom is -0.383 e. The van der Waals surface area contributed by atoms with Gasteiger partial charge in [-0.2, -0.15) is 0 Å². The Balaban J connectivity index is 2.22. The highest BCUT2D eigenvalue weighted by Crippen LogP contribution is 2.33. The molecule has 5 heteroatoms. The maximum Gasteiger partial charge on any atom is 0.246 e. The van der Waals surface area contributed by atoms with E-state index in [0.717, 1.165) is 30.0 Å². The first-order valence-electron chi connectivity index (χ1n) is 6.57. The van der Waals surface area contributed by atoms with Gasteiger partial charge in [0.05, 0.1) is 6.61 Å². The minimum absolute atomic E-state index is 0.00888. The first-order chi connectivity index (χ1) is 9.21. The average Bonchev–Trinajstić information content (AvgIpc) is 2.74. The highest BCUT2D eigenvalue weighted by molar-refractivity contribution is 6.03. The third-order valence-electron chi connectivity index (χ3n) is 3.47. The molecule has 0 bridgehead atoms. The molecule has 19 heavy (non-hydrogen) atoms. The number of rotatable bonds is 6. The summed E-state index contributed by atoms with van der Waals surface area (Å²) in [6.45, 7) is 4.55. The van der Waals surface area contributed by atoms with Crippen LogP contribution >= 0.6 is 0 Å². The number of hydrogen-bond donors (Lipinski definition) is 2. The van der Waals surface area contributed by atoms with E-state index in [0.29, 0.717) is 6.61 Å². The van der Waals surface area contributed by atoms with Gasteiger partial charge in [-0.3, -0.25) is 4.79 Å². The van der Waals surface area contributed by atoms with Crippen molar-refractivity contribution in [3.05, 3.63) is 23.8 Å². The van der Waals surface area contributed by atoms with Crippen molar-refractivity contribution in [2.45, 2.75) is 13.0 Å². The summed E-state index contributed by atoms with van der Waals surface area (Å²) < 4.78 is 5.12. The van der Waals surface area contributed by atoms with Gasteiger partial charge in [-0.25, -0.2) is 0 Å². The molecule has 0 aliphatic carbocycles. The lowest BCUT2D eigenvalue weighted by Gasteiger charge is -2.23. The molecule has 0 saturated carbocycles. The van der Waals surface area contributed by atoms with Crippen molar-refractivity contribution >= 4 is 17.3 Å². The molecular weight excluding hydrogens is 242 g/mol. The molecule has 1 aliphatic heterocycles. The first-order valence-corrected chi connectivity index (χ1v) is 6.57. The molecule has 0 spiro atoms. The number of likely N-dealkylation sites (N-methyl/N-ethyl adjacent to an activating group) is 2. The van der Waals surface area contributed by atoms with E-state index in [9.17, 15) is 4.79 Å². The Morgan fingerprint density at radius 3 is 2.89 bits per heavy atom. The van der Waals surface area contributed by atoms with Gasteiger partial charge < -0.3 is 20.3 Å². The molecule has 0 saturated heterocycles. The fourth-order valence-electron chi connectivity index (χ4n) is 2.40. The smallest absolute Gasteiger partial charge is 0.246 e. The summed E-state index contributed by atoms with van der Waals surface area (Å²) in [5.74, 6) is 0.00888. The molecule has 1 aromatic carbocycles. The largest absolute Gasteiger partial charge is 0.383 e. The van der Waals surface area contributed by atoms with E-state index >= 15 is 0 Å². The zero-order chi connectivity index (χ0) is 13.8. The molecule has 1 aromatic rings. The molecule has 104 valence electrons. The zero-order valence-electron chi connectivity index (χ0n) is 11.7. The number of benzene rings is 1. The SMILES string of the molecule is CCN(CCOC)c1ccc2c(c1)NC(=O)C2NC. The van der Waals surface area contributed by atoms with Gasteiger partial charge in [0.25, 0.3) is 0 Å². The number of nitrogens with zero attached hydrogens (tertiary/aromatic N) is 1. The normalized spacial score (nSPS) is 17.2. The van der Waals surface area contributed by atoms with Crippen molar-refractivity contribution in [3.63, 3.8) is 0 Å². The van der Waals surface area contributed by atoms with Crippen LogP contribution in [-0.4, -0.2) is 39.8 Å². The summed E-state index contributed by atoms with van der Waals surface area (Å²) in [7, 11) is 3.50. The van der Waals surface area contributed by atoms with Gasteiger partial charge in [0.2, 0.25) is 5.91 Å². The summed E-state index contributed by atoms with van der Waals surface area (Å²) in [5.41, 5.74) is 3.02. The maximum absolute atomic E-state index is 11.8. The Hall–Kier alpha value is -1.59. The van der Waals surface area contributed by atoms with E-state index < -0.39 is 0 Å². The van der Waals surface area contributed by atoms with Crippen LogP contribution in [-0.2, 0) is 9.53 Å². The molecule has 2 rings (SSSR count). The first kappa shape index (κ1) is 13.8. The summed E-state index contributed by atoms with van der Waals surface area (Å²) in [4.78, 5) is 14.0. The Labute approximate surface area is 113 Å². The van der Waals surface area contributed by atoms with Gasteiger partial charge in [0.15, 0.2) is 0 Å². The minimum atomic E-state index is -0.238. The molecule has 1 unspecified atom stereocenters. The molecule has 0 radical (unpaired) electrons. The highest BCUT2D eigenvalue weighted by atomic mass is 16.5. The van der Waals surface area contributed by atoms with Gasteiger partial charge in [-0.15, -0.1) is 0 Å². The maximum atomic E-state index is 11.8. The van der Waals surface area contributed by atoms with Crippen molar-refractivity contribution in [1.82, 2.24) is 5.32 Å². The van der Waals surface area contributed by atoms with Crippen LogP contribution in [0.1, 0.15) is 18.5 Å². The topological polar surface area (TPSA) is 53.6 Å². The van der Waals surface area contributed by atoms with Crippen LogP contribution < -0.4 is 15.5 Å². The molecule has 1 atom stereocenters. The van der Waals surface area contributed by atoms with Crippen molar-refractivity contribution in [2.24, 2.45) is 0 Å². The van der Waals surface area contributed by atoms with Crippen LogP contribution in [0.2, 0.25) is 0 Å². The summed E-state index contributed by atoms with van der Waals surface area (Å²) in [6, 6.07) is 5.86. The Morgan fingerprint density at radius 1 is 1.47 bits per heavy atom. The number of nitrogens with one attached hydrogen (secondary N) is 2. The van der Waals surface area contributed by atoms with Crippen LogP contribution in [0, 0.1) is 0 Å². The number of ether oxygens (including phenoxy) is 1. The number of amides is 1. The Morgan fingerprint density at radius 2 is 2.26 bits per heavy atom. The standard InChI is InChI=1S/C14H21N3O2/c1-4-17(7-8-19-3)10-5-6-11-12(9-10)16-14(18)13(11)15-2/h5-6,9,13,15H,4,7-8H2,1-3H3,(H,16,18). The fraction of sp³-hybridized carbons (Fsp3) is 0.500. The van der Waals surface area contributed by atoms with Crippen molar-refractivity contribution < 1.29 is 9.53 Å². The van der Waals surface area contributed by atoms with E-state index in [1.54, 1.807) is 14.2 Å². The van der Waals surface area contributed by atoms with Gasteiger partial charge in [0.1, 0.15) is 6.04 Å². The third kappa shape index (κ3) is 2.72. The zero-order valence-corrected chi connectivity index (χ0v) is 11.7. The van der Waals surface area contributed by atoms with Crippen LogP contribution in [0.25, 0.3) is 0 Å². The summed E-state index contributed by atoms with van der Waals surface area (Å²) in [5, 5.41) is 5.94. The van der Waals surface area contributed by atoms with Crippen LogP contribution in [0.4, 0.5) is 11.4 Å². The second-order valence-corrected chi connectivity index (χ2v) is 4.55. The van der Waals surface area contributed by atoms with Crippen LogP contribution in [0.5, 0.6) is 0 Å². The van der Waals surface area contributed by atoms with Crippen LogP contribution in [0.3, 0.4) is 0 Å². The number of anilines is 2. The lowest BCUT2D eigenvalue weighted by atomic mass is 10.1. The third-order valence-corrected chi connectivity index (χ3v) is 3.47. The summed E-state index contributed by atoms with van der Waals surface area (Å²) >= 11 is 0. The van der Waals surface area contributed by atoms with E-state index in [-0.39, 0.29) is 11.9 Å². The molecular formula is C14H21N3O2. The molecule has 1 aliphatic rings. The second-order valence-electron chi connectivity index (χ2n) is 4.55. The lowest BCUT2D eigenvalue weighted by molar-refractivity contribution is -0.117. The summed E-state index contributed by atoms with van der Waals surface area (Å²) in [6.07, 6.45) is 0. The predicted octanol–water partition coefficient (Wildman–Crippen LogP) is 1.37. The number of fused-ring (bicyclic) bond motifs is 1. The van der Waals surface area contributed by atoms with Crippen molar-refractivity contribution in [1.29, 1.82) is 0 Å². The van der Waals surface area contributed by atoms with Gasteiger partial charge in [-0.05, 0) is 26.1 Å². The lowest BCUT2D eigenvalue weighted by Crippen LogP contribution is -2.26. The number of methoxy groups -OCH3 is 1. The van der Waals surface area contributed by atoms with Gasteiger partial charge in [-0.1, -0.05) is 6.07 Å². The van der Waals surface area contributed by atoms with E-state index in [1.807, 2.05) is 12.1 Å². The number of carbonyl (C=O) groups is 1. The second kappa shape index (κ2) is 6.04. The van der Waals surface area contributed by atoms with E-state index in [2.05, 4.69) is 28.5 Å². The number of hydrogen-bond acceptors (Lipinski definition) is 4. The molecule has 1 heterocycles. The highest BCUT2D eigenvalue weighted by Gasteiger charge is 2.29. The van der Waals surface area contributed by atoms with Crippen molar-refractivity contribution in [3.8, 4) is 0 Å². The Bertz CT molecular complexity index is 462. The van der Waals surface area contributed by atoms with Crippen molar-refractivity contribution in [2.75, 3.05) is 44.1 Å². The Kier molecular flexibility index (Phi) is 4.39. The van der Waals surface area contributed by atoms with E-state index in [1.165, 1.54) is 0 Å². The molecule has 0 aromatic heterocycles.